The average Bonchev–Trinajstić information content (AvgIpc) is 2.18. The summed E-state index contributed by atoms with van der Waals surface area (Å²) in [7, 11) is 0. The van der Waals surface area contributed by atoms with Gasteiger partial charge in [0.05, 0.1) is 0 Å². The van der Waals surface area contributed by atoms with Crippen molar-refractivity contribution < 1.29 is 9.90 Å². The second kappa shape index (κ2) is 4.62. The van der Waals surface area contributed by atoms with Gasteiger partial charge in [-0.25, -0.2) is 0 Å². The zero-order valence-electron chi connectivity index (χ0n) is 8.03. The topological polar surface area (TPSA) is 75.3 Å². The molecule has 1 amide bonds. The van der Waals surface area contributed by atoms with Crippen LogP contribution in [0.15, 0.2) is 24.3 Å². The SMILES string of the molecule is CC(CN)NC(=O)c1ccc(O)cc1. The van der Waals surface area contributed by atoms with Crippen LogP contribution in [0, 0.1) is 0 Å². The lowest BCUT2D eigenvalue weighted by Crippen LogP contribution is -2.37. The van der Waals surface area contributed by atoms with Crippen LogP contribution < -0.4 is 11.1 Å². The van der Waals surface area contributed by atoms with E-state index in [4.69, 9.17) is 10.8 Å². The fraction of sp³-hybridized carbons (Fsp3) is 0.300. The van der Waals surface area contributed by atoms with Crippen LogP contribution in [0.25, 0.3) is 0 Å². The molecule has 1 aromatic carbocycles. The van der Waals surface area contributed by atoms with Crippen molar-refractivity contribution in [2.45, 2.75) is 13.0 Å². The third-order valence-electron chi connectivity index (χ3n) is 1.86. The van der Waals surface area contributed by atoms with Crippen LogP contribution in [0.1, 0.15) is 17.3 Å². The number of hydrogen-bond acceptors (Lipinski definition) is 3. The van der Waals surface area contributed by atoms with Crippen molar-refractivity contribution in [3.8, 4) is 5.75 Å². The molecule has 1 aromatic rings. The van der Waals surface area contributed by atoms with Crippen LogP contribution in [0.4, 0.5) is 0 Å². The average molecular weight is 194 g/mol. The Morgan fingerprint density at radius 2 is 2.07 bits per heavy atom. The van der Waals surface area contributed by atoms with Gasteiger partial charge in [-0.1, -0.05) is 0 Å². The lowest BCUT2D eigenvalue weighted by atomic mass is 10.2. The van der Waals surface area contributed by atoms with Crippen molar-refractivity contribution in [1.82, 2.24) is 5.32 Å². The summed E-state index contributed by atoms with van der Waals surface area (Å²) in [5.74, 6) is -0.0311. The van der Waals surface area contributed by atoms with E-state index in [0.29, 0.717) is 12.1 Å². The Bertz CT molecular complexity index is 308. The summed E-state index contributed by atoms with van der Waals surface area (Å²) in [4.78, 5) is 11.5. The van der Waals surface area contributed by atoms with Crippen molar-refractivity contribution in [3.63, 3.8) is 0 Å². The minimum Gasteiger partial charge on any atom is -0.508 e. The van der Waals surface area contributed by atoms with E-state index in [1.54, 1.807) is 12.1 Å². The second-order valence-electron chi connectivity index (χ2n) is 3.16. The number of benzene rings is 1. The highest BCUT2D eigenvalue weighted by Gasteiger charge is 2.07. The number of carbonyl (C=O) groups excluding carboxylic acids is 1. The van der Waals surface area contributed by atoms with Gasteiger partial charge in [0.1, 0.15) is 5.75 Å². The number of nitrogens with two attached hydrogens (primary N) is 1. The first-order chi connectivity index (χ1) is 6.63. The first-order valence-corrected chi connectivity index (χ1v) is 4.43. The van der Waals surface area contributed by atoms with Gasteiger partial charge in [-0.3, -0.25) is 4.79 Å². The molecule has 4 N–H and O–H groups in total. The summed E-state index contributed by atoms with van der Waals surface area (Å²) in [6, 6.07) is 6.03. The number of phenolic OH excluding ortho intramolecular Hbond substituents is 1. The highest BCUT2D eigenvalue weighted by Crippen LogP contribution is 2.09. The summed E-state index contributed by atoms with van der Waals surface area (Å²) >= 11 is 0. The summed E-state index contributed by atoms with van der Waals surface area (Å²) in [5.41, 5.74) is 5.88. The van der Waals surface area contributed by atoms with Gasteiger partial charge in [-0.15, -0.1) is 0 Å². The van der Waals surface area contributed by atoms with Gasteiger partial charge in [0.15, 0.2) is 0 Å². The normalized spacial score (nSPS) is 12.1. The lowest BCUT2D eigenvalue weighted by Gasteiger charge is -2.10. The maximum atomic E-state index is 11.5. The quantitative estimate of drug-likeness (QED) is 0.654. The van der Waals surface area contributed by atoms with Crippen LogP contribution in [0.3, 0.4) is 0 Å². The van der Waals surface area contributed by atoms with Crippen LogP contribution >= 0.6 is 0 Å². The molecule has 0 aliphatic rings. The monoisotopic (exact) mass is 194 g/mol. The third-order valence-corrected chi connectivity index (χ3v) is 1.86. The molecule has 0 spiro atoms. The molecule has 1 unspecified atom stereocenters. The maximum Gasteiger partial charge on any atom is 0.251 e. The van der Waals surface area contributed by atoms with Crippen molar-refractivity contribution in [1.29, 1.82) is 0 Å². The minimum absolute atomic E-state index is 0.0451. The molecular weight excluding hydrogens is 180 g/mol. The van der Waals surface area contributed by atoms with Gasteiger partial charge in [0.2, 0.25) is 0 Å². The Labute approximate surface area is 82.7 Å². The van der Waals surface area contributed by atoms with Gasteiger partial charge in [-0.05, 0) is 31.2 Å². The molecule has 0 aromatic heterocycles. The fourth-order valence-corrected chi connectivity index (χ4v) is 0.979. The van der Waals surface area contributed by atoms with Gasteiger partial charge >= 0.3 is 0 Å². The molecule has 4 nitrogen and oxygen atoms in total. The third kappa shape index (κ3) is 2.74. The molecule has 0 bridgehead atoms. The molecule has 76 valence electrons. The lowest BCUT2D eigenvalue weighted by molar-refractivity contribution is 0.0941. The fourth-order valence-electron chi connectivity index (χ4n) is 0.979. The Balaban J connectivity index is 2.65. The Morgan fingerprint density at radius 1 is 1.50 bits per heavy atom. The summed E-state index contributed by atoms with van der Waals surface area (Å²) < 4.78 is 0. The standard InChI is InChI=1S/C10H14N2O2/c1-7(6-11)12-10(14)8-2-4-9(13)5-3-8/h2-5,7,13H,6,11H2,1H3,(H,12,14). The molecule has 0 aliphatic heterocycles. The summed E-state index contributed by atoms with van der Waals surface area (Å²) in [5, 5.41) is 11.7. The van der Waals surface area contributed by atoms with E-state index in [1.165, 1.54) is 12.1 Å². The van der Waals surface area contributed by atoms with Crippen LogP contribution in [0.5, 0.6) is 5.75 Å². The number of carbonyl (C=O) groups is 1. The highest BCUT2D eigenvalue weighted by molar-refractivity contribution is 5.94. The number of amides is 1. The van der Waals surface area contributed by atoms with E-state index >= 15 is 0 Å². The molecule has 1 atom stereocenters. The molecule has 1 rings (SSSR count). The molecular formula is C10H14N2O2. The predicted molar refractivity (Wildman–Crippen MR) is 54.1 cm³/mol. The van der Waals surface area contributed by atoms with E-state index < -0.39 is 0 Å². The molecule has 0 fully saturated rings. The number of phenols is 1. The van der Waals surface area contributed by atoms with Crippen molar-refractivity contribution in [2.24, 2.45) is 5.73 Å². The molecule has 0 saturated heterocycles. The number of rotatable bonds is 3. The zero-order chi connectivity index (χ0) is 10.6. The van der Waals surface area contributed by atoms with Gasteiger partial charge in [-0.2, -0.15) is 0 Å². The minimum atomic E-state index is -0.178. The molecule has 0 aliphatic carbocycles. The summed E-state index contributed by atoms with van der Waals surface area (Å²) in [6.45, 7) is 2.24. The van der Waals surface area contributed by atoms with Crippen molar-refractivity contribution >= 4 is 5.91 Å². The van der Waals surface area contributed by atoms with Crippen LogP contribution in [-0.2, 0) is 0 Å². The Morgan fingerprint density at radius 3 is 2.57 bits per heavy atom. The van der Waals surface area contributed by atoms with Crippen LogP contribution in [-0.4, -0.2) is 23.6 Å². The molecule has 14 heavy (non-hydrogen) atoms. The van der Waals surface area contributed by atoms with E-state index in [2.05, 4.69) is 5.32 Å². The number of aromatic hydroxyl groups is 1. The zero-order valence-corrected chi connectivity index (χ0v) is 8.03. The molecule has 4 heteroatoms. The van der Waals surface area contributed by atoms with Crippen LogP contribution in [0.2, 0.25) is 0 Å². The first-order valence-electron chi connectivity index (χ1n) is 4.43. The van der Waals surface area contributed by atoms with Crippen molar-refractivity contribution in [2.75, 3.05) is 6.54 Å². The largest absolute Gasteiger partial charge is 0.508 e. The smallest absolute Gasteiger partial charge is 0.251 e. The van der Waals surface area contributed by atoms with Gasteiger partial charge in [0, 0.05) is 18.2 Å². The van der Waals surface area contributed by atoms with Gasteiger partial charge in [0.25, 0.3) is 5.91 Å². The van der Waals surface area contributed by atoms with Crippen molar-refractivity contribution in [3.05, 3.63) is 29.8 Å². The van der Waals surface area contributed by atoms with E-state index in [9.17, 15) is 4.79 Å². The maximum absolute atomic E-state index is 11.5. The summed E-state index contributed by atoms with van der Waals surface area (Å²) in [6.07, 6.45) is 0. The predicted octanol–water partition coefficient (Wildman–Crippen LogP) is 0.469. The number of nitrogens with one attached hydrogen (secondary N) is 1. The molecule has 0 radical (unpaired) electrons. The Kier molecular flexibility index (Phi) is 3.48. The van der Waals surface area contributed by atoms with E-state index in [-0.39, 0.29) is 17.7 Å². The highest BCUT2D eigenvalue weighted by atomic mass is 16.3. The first kappa shape index (κ1) is 10.5. The molecule has 0 saturated carbocycles. The van der Waals surface area contributed by atoms with E-state index in [0.717, 1.165) is 0 Å². The molecule has 0 heterocycles. The van der Waals surface area contributed by atoms with E-state index in [1.807, 2.05) is 6.92 Å². The second-order valence-corrected chi connectivity index (χ2v) is 3.16. The van der Waals surface area contributed by atoms with Gasteiger partial charge < -0.3 is 16.2 Å². The number of hydrogen-bond donors (Lipinski definition) is 3. The Hall–Kier alpha value is -1.55.